The molecule has 3 rings (SSSR count). The fraction of sp³-hybridized carbons (Fsp3) is 0.235. The molecule has 108 valence electrons. The molecule has 0 saturated heterocycles. The van der Waals surface area contributed by atoms with E-state index >= 15 is 0 Å². The van der Waals surface area contributed by atoms with Gasteiger partial charge in [0.05, 0.1) is 25.5 Å². The van der Waals surface area contributed by atoms with Gasteiger partial charge in [-0.3, -0.25) is 0 Å². The van der Waals surface area contributed by atoms with Gasteiger partial charge in [-0.15, -0.1) is 0 Å². The Morgan fingerprint density at radius 3 is 2.48 bits per heavy atom. The maximum absolute atomic E-state index is 8.94. The van der Waals surface area contributed by atoms with Gasteiger partial charge in [0.2, 0.25) is 0 Å². The predicted octanol–water partition coefficient (Wildman–Crippen LogP) is 2.38. The number of hydrogen-bond donors (Lipinski definition) is 3. The summed E-state index contributed by atoms with van der Waals surface area (Å²) >= 11 is 0. The summed E-state index contributed by atoms with van der Waals surface area (Å²) in [5, 5.41) is 21.0. The average molecular weight is 282 g/mol. The molecule has 0 saturated carbocycles. The normalized spacial score (nSPS) is 20.1. The van der Waals surface area contributed by atoms with Crippen LogP contribution in [0.2, 0.25) is 0 Å². The first-order valence-corrected chi connectivity index (χ1v) is 6.99. The van der Waals surface area contributed by atoms with E-state index in [2.05, 4.69) is 5.32 Å². The predicted molar refractivity (Wildman–Crippen MR) is 82.9 cm³/mol. The van der Waals surface area contributed by atoms with Gasteiger partial charge in [-0.2, -0.15) is 0 Å². The molecule has 1 atom stereocenters. The summed E-state index contributed by atoms with van der Waals surface area (Å²) in [4.78, 5) is 0. The van der Waals surface area contributed by atoms with Gasteiger partial charge >= 0.3 is 0 Å². The molecule has 0 radical (unpaired) electrons. The van der Waals surface area contributed by atoms with Gasteiger partial charge in [-0.1, -0.05) is 48.5 Å². The zero-order chi connectivity index (χ0) is 14.7. The maximum atomic E-state index is 8.94. The van der Waals surface area contributed by atoms with Crippen LogP contribution in [0.5, 0.6) is 0 Å². The molecule has 0 aliphatic carbocycles. The molecule has 1 aliphatic heterocycles. The van der Waals surface area contributed by atoms with E-state index in [1.54, 1.807) is 0 Å². The largest absolute Gasteiger partial charge is 0.394 e. The number of anilines is 1. The third-order valence-electron chi connectivity index (χ3n) is 3.79. The highest BCUT2D eigenvalue weighted by atomic mass is 16.5. The first-order valence-electron chi connectivity index (χ1n) is 6.99. The molecule has 4 heteroatoms. The highest BCUT2D eigenvalue weighted by Gasteiger charge is 2.43. The van der Waals surface area contributed by atoms with E-state index in [9.17, 15) is 0 Å². The van der Waals surface area contributed by atoms with E-state index in [0.29, 0.717) is 12.3 Å². The van der Waals surface area contributed by atoms with Gasteiger partial charge in [0.15, 0.2) is 0 Å². The van der Waals surface area contributed by atoms with Crippen molar-refractivity contribution in [1.29, 1.82) is 5.41 Å². The minimum absolute atomic E-state index is 0.0227. The molecule has 21 heavy (non-hydrogen) atoms. The average Bonchev–Trinajstić information content (AvgIpc) is 2.83. The topological polar surface area (TPSA) is 65.3 Å². The maximum Gasteiger partial charge on any atom is 0.129 e. The Morgan fingerprint density at radius 1 is 1.05 bits per heavy atom. The van der Waals surface area contributed by atoms with Crippen molar-refractivity contribution < 1.29 is 9.84 Å². The minimum Gasteiger partial charge on any atom is -0.394 e. The molecule has 0 aromatic heterocycles. The van der Waals surface area contributed by atoms with Crippen LogP contribution >= 0.6 is 0 Å². The van der Waals surface area contributed by atoms with Crippen LogP contribution in [0.1, 0.15) is 11.1 Å². The Kier molecular flexibility index (Phi) is 3.73. The first-order chi connectivity index (χ1) is 10.3. The molecular formula is C17H18N2O2. The molecule has 0 fully saturated rings. The number of hydrogen-bond acceptors (Lipinski definition) is 4. The zero-order valence-corrected chi connectivity index (χ0v) is 11.7. The van der Waals surface area contributed by atoms with E-state index in [1.807, 2.05) is 54.6 Å². The van der Waals surface area contributed by atoms with Crippen molar-refractivity contribution in [1.82, 2.24) is 0 Å². The molecule has 0 amide bonds. The fourth-order valence-electron chi connectivity index (χ4n) is 2.75. The molecule has 1 aliphatic rings. The summed E-state index contributed by atoms with van der Waals surface area (Å²) in [5.41, 5.74) is 2.64. The van der Waals surface area contributed by atoms with Crippen LogP contribution in [0.4, 0.5) is 5.69 Å². The lowest BCUT2D eigenvalue weighted by molar-refractivity contribution is 0.0769. The van der Waals surface area contributed by atoms with Crippen molar-refractivity contribution >= 4 is 11.4 Å². The zero-order valence-electron chi connectivity index (χ0n) is 11.7. The summed E-state index contributed by atoms with van der Waals surface area (Å²) in [6.45, 7) is 0.552. The van der Waals surface area contributed by atoms with Crippen molar-refractivity contribution in [2.24, 2.45) is 0 Å². The minimum atomic E-state index is -0.694. The SMILES string of the molecule is N=C1c2ccccc2NC1(COCCO)c1ccccc1. The lowest BCUT2D eigenvalue weighted by atomic mass is 9.86. The molecule has 0 spiro atoms. The van der Waals surface area contributed by atoms with Gasteiger partial charge in [-0.05, 0) is 11.6 Å². The first kappa shape index (κ1) is 13.8. The number of benzene rings is 2. The van der Waals surface area contributed by atoms with Crippen molar-refractivity contribution in [2.75, 3.05) is 25.1 Å². The second-order valence-corrected chi connectivity index (χ2v) is 5.09. The lowest BCUT2D eigenvalue weighted by Crippen LogP contribution is -2.43. The number of fused-ring (bicyclic) bond motifs is 1. The molecular weight excluding hydrogens is 264 g/mol. The van der Waals surface area contributed by atoms with Crippen molar-refractivity contribution in [3.8, 4) is 0 Å². The van der Waals surface area contributed by atoms with Gasteiger partial charge in [0.25, 0.3) is 0 Å². The Labute approximate surface area is 123 Å². The summed E-state index contributed by atoms with van der Waals surface area (Å²) in [5.74, 6) is 0. The molecule has 0 bridgehead atoms. The van der Waals surface area contributed by atoms with E-state index in [4.69, 9.17) is 15.3 Å². The lowest BCUT2D eigenvalue weighted by Gasteiger charge is -2.30. The summed E-state index contributed by atoms with van der Waals surface area (Å²) < 4.78 is 5.57. The number of rotatable bonds is 5. The Hall–Kier alpha value is -2.17. The third-order valence-corrected chi connectivity index (χ3v) is 3.79. The molecule has 3 N–H and O–H groups in total. The van der Waals surface area contributed by atoms with Crippen LogP contribution in [0.3, 0.4) is 0 Å². The Bertz CT molecular complexity index is 642. The summed E-state index contributed by atoms with van der Waals surface area (Å²) in [6.07, 6.45) is 0. The number of ether oxygens (including phenoxy) is 1. The van der Waals surface area contributed by atoms with Crippen LogP contribution in [-0.2, 0) is 10.3 Å². The monoisotopic (exact) mass is 282 g/mol. The standard InChI is InChI=1S/C17H18N2O2/c18-16-14-8-4-5-9-15(14)19-17(16,12-21-11-10-20)13-6-2-1-3-7-13/h1-9,18-20H,10-12H2. The van der Waals surface area contributed by atoms with Crippen LogP contribution in [0.15, 0.2) is 54.6 Å². The number of nitrogens with one attached hydrogen (secondary N) is 2. The number of aliphatic hydroxyl groups is 1. The Morgan fingerprint density at radius 2 is 1.76 bits per heavy atom. The molecule has 1 heterocycles. The number of aliphatic hydroxyl groups excluding tert-OH is 1. The summed E-state index contributed by atoms with van der Waals surface area (Å²) in [6, 6.07) is 17.7. The van der Waals surface area contributed by atoms with Gasteiger partial charge in [0.1, 0.15) is 5.54 Å². The van der Waals surface area contributed by atoms with Crippen LogP contribution in [0.25, 0.3) is 0 Å². The van der Waals surface area contributed by atoms with E-state index in [0.717, 1.165) is 16.8 Å². The second kappa shape index (κ2) is 5.68. The van der Waals surface area contributed by atoms with Crippen molar-refractivity contribution in [3.05, 3.63) is 65.7 Å². The van der Waals surface area contributed by atoms with E-state index in [1.165, 1.54) is 0 Å². The molecule has 2 aromatic carbocycles. The van der Waals surface area contributed by atoms with Crippen LogP contribution in [0, 0.1) is 5.41 Å². The second-order valence-electron chi connectivity index (χ2n) is 5.09. The Balaban J connectivity index is 2.01. The van der Waals surface area contributed by atoms with Crippen molar-refractivity contribution in [3.63, 3.8) is 0 Å². The molecule has 1 unspecified atom stereocenters. The van der Waals surface area contributed by atoms with Crippen molar-refractivity contribution in [2.45, 2.75) is 5.54 Å². The van der Waals surface area contributed by atoms with Gasteiger partial charge in [-0.25, -0.2) is 0 Å². The van der Waals surface area contributed by atoms with Gasteiger partial charge in [0, 0.05) is 11.3 Å². The summed E-state index contributed by atoms with van der Waals surface area (Å²) in [7, 11) is 0. The quantitative estimate of drug-likeness (QED) is 0.738. The highest BCUT2D eigenvalue weighted by Crippen LogP contribution is 2.39. The highest BCUT2D eigenvalue weighted by molar-refractivity contribution is 6.15. The van der Waals surface area contributed by atoms with Crippen LogP contribution in [-0.4, -0.2) is 30.6 Å². The van der Waals surface area contributed by atoms with E-state index in [-0.39, 0.29) is 13.2 Å². The smallest absolute Gasteiger partial charge is 0.129 e. The number of para-hydroxylation sites is 1. The third kappa shape index (κ3) is 2.33. The molecule has 2 aromatic rings. The molecule has 4 nitrogen and oxygen atoms in total. The van der Waals surface area contributed by atoms with E-state index < -0.39 is 5.54 Å². The fourth-order valence-corrected chi connectivity index (χ4v) is 2.75. The van der Waals surface area contributed by atoms with Gasteiger partial charge < -0.3 is 20.6 Å². The van der Waals surface area contributed by atoms with Crippen LogP contribution < -0.4 is 5.32 Å².